The van der Waals surface area contributed by atoms with Gasteiger partial charge < -0.3 is 10.1 Å². The highest BCUT2D eigenvalue weighted by Gasteiger charge is 2.18. The third kappa shape index (κ3) is 3.11. The van der Waals surface area contributed by atoms with Gasteiger partial charge in [-0.3, -0.25) is 0 Å². The Morgan fingerprint density at radius 3 is 2.94 bits per heavy atom. The Morgan fingerprint density at radius 1 is 1.44 bits per heavy atom. The average molecular weight is 269 g/mol. The zero-order valence-electron chi connectivity index (χ0n) is 10.8. The Balaban J connectivity index is 2.08. The number of hydrogen-bond acceptors (Lipinski definition) is 4. The third-order valence-corrected chi connectivity index (χ3v) is 2.73. The maximum absolute atomic E-state index is 5.89. The Bertz CT molecular complexity index is 538. The summed E-state index contributed by atoms with van der Waals surface area (Å²) in [5.74, 6) is 0.574. The maximum Gasteiger partial charge on any atom is 0.243 e. The Kier molecular flexibility index (Phi) is 3.73. The molecule has 0 fully saturated rings. The second-order valence-electron chi connectivity index (χ2n) is 4.63. The van der Waals surface area contributed by atoms with Crippen LogP contribution in [0.25, 0.3) is 5.65 Å². The van der Waals surface area contributed by atoms with Crippen molar-refractivity contribution in [2.24, 2.45) is 0 Å². The summed E-state index contributed by atoms with van der Waals surface area (Å²) in [6.45, 7) is 7.35. The van der Waals surface area contributed by atoms with Crippen LogP contribution in [0, 0.1) is 0 Å². The number of rotatable bonds is 5. The molecule has 2 aromatic rings. The van der Waals surface area contributed by atoms with Crippen LogP contribution in [0.2, 0.25) is 5.02 Å². The number of hydrogen-bond donors (Lipinski definition) is 1. The lowest BCUT2D eigenvalue weighted by molar-refractivity contribution is 0.000586. The Labute approximate surface area is 111 Å². The van der Waals surface area contributed by atoms with Crippen LogP contribution in [-0.4, -0.2) is 33.4 Å². The van der Waals surface area contributed by atoms with Gasteiger partial charge >= 0.3 is 0 Å². The minimum absolute atomic E-state index is 0.246. The molecule has 0 saturated heterocycles. The van der Waals surface area contributed by atoms with Crippen molar-refractivity contribution < 1.29 is 4.74 Å². The first-order valence-electron chi connectivity index (χ1n) is 5.90. The van der Waals surface area contributed by atoms with Gasteiger partial charge in [-0.05, 0) is 32.9 Å². The summed E-state index contributed by atoms with van der Waals surface area (Å²) < 4.78 is 7.25. The highest BCUT2D eigenvalue weighted by atomic mass is 35.5. The predicted octanol–water partition coefficient (Wildman–Crippen LogP) is 2.61. The zero-order valence-corrected chi connectivity index (χ0v) is 11.5. The molecule has 18 heavy (non-hydrogen) atoms. The van der Waals surface area contributed by atoms with Crippen molar-refractivity contribution in [3.05, 3.63) is 23.4 Å². The van der Waals surface area contributed by atoms with Gasteiger partial charge in [0.1, 0.15) is 0 Å². The molecule has 0 spiro atoms. The van der Waals surface area contributed by atoms with Crippen LogP contribution in [0.5, 0.6) is 0 Å². The van der Waals surface area contributed by atoms with Crippen molar-refractivity contribution in [2.75, 3.05) is 18.5 Å². The van der Waals surface area contributed by atoms with E-state index in [1.165, 1.54) is 0 Å². The number of anilines is 1. The molecule has 0 bridgehead atoms. The molecule has 0 atom stereocenters. The van der Waals surface area contributed by atoms with Gasteiger partial charge in [-0.1, -0.05) is 11.6 Å². The van der Waals surface area contributed by atoms with Crippen molar-refractivity contribution in [1.29, 1.82) is 0 Å². The van der Waals surface area contributed by atoms with Crippen molar-refractivity contribution in [1.82, 2.24) is 14.6 Å². The van der Waals surface area contributed by atoms with Crippen molar-refractivity contribution in [3.8, 4) is 0 Å². The maximum atomic E-state index is 5.89. The molecule has 0 aliphatic rings. The lowest BCUT2D eigenvalue weighted by Crippen LogP contribution is -2.33. The molecule has 0 amide bonds. The Hall–Kier alpha value is -1.33. The second-order valence-corrected chi connectivity index (χ2v) is 5.07. The number of nitrogens with one attached hydrogen (secondary N) is 1. The standard InChI is InChI=1S/C12H17ClN4O/c1-4-18-12(2,3)8-14-11-15-10-6-5-9(13)7-17(10)16-11/h5-7H,4,8H2,1-3H3,(H,14,16). The minimum Gasteiger partial charge on any atom is -0.374 e. The topological polar surface area (TPSA) is 51.5 Å². The largest absolute Gasteiger partial charge is 0.374 e. The van der Waals surface area contributed by atoms with Crippen molar-refractivity contribution >= 4 is 23.2 Å². The van der Waals surface area contributed by atoms with Gasteiger partial charge in [-0.25, -0.2) is 4.52 Å². The van der Waals surface area contributed by atoms with Crippen LogP contribution in [0.15, 0.2) is 18.3 Å². The molecule has 0 aliphatic heterocycles. The summed E-state index contributed by atoms with van der Waals surface area (Å²) >= 11 is 5.89. The fourth-order valence-corrected chi connectivity index (χ4v) is 1.82. The normalized spacial score (nSPS) is 12.0. The number of fused-ring (bicyclic) bond motifs is 1. The lowest BCUT2D eigenvalue weighted by Gasteiger charge is -2.24. The highest BCUT2D eigenvalue weighted by Crippen LogP contribution is 2.13. The van der Waals surface area contributed by atoms with E-state index in [-0.39, 0.29) is 5.60 Å². The van der Waals surface area contributed by atoms with Gasteiger partial charge in [0.15, 0.2) is 5.65 Å². The van der Waals surface area contributed by atoms with Crippen LogP contribution in [0.1, 0.15) is 20.8 Å². The third-order valence-electron chi connectivity index (χ3n) is 2.50. The van der Waals surface area contributed by atoms with E-state index in [0.717, 1.165) is 5.65 Å². The summed E-state index contributed by atoms with van der Waals surface area (Å²) in [6, 6.07) is 3.62. The molecule has 5 nitrogen and oxygen atoms in total. The monoisotopic (exact) mass is 268 g/mol. The highest BCUT2D eigenvalue weighted by molar-refractivity contribution is 6.30. The van der Waals surface area contributed by atoms with E-state index in [1.807, 2.05) is 26.8 Å². The Morgan fingerprint density at radius 2 is 2.22 bits per heavy atom. The minimum atomic E-state index is -0.246. The molecule has 0 aromatic carbocycles. The number of ether oxygens (including phenoxy) is 1. The van der Waals surface area contributed by atoms with Gasteiger partial charge in [0.25, 0.3) is 0 Å². The van der Waals surface area contributed by atoms with E-state index < -0.39 is 0 Å². The molecule has 0 unspecified atom stereocenters. The molecule has 2 aromatic heterocycles. The number of halogens is 1. The summed E-state index contributed by atoms with van der Waals surface area (Å²) in [7, 11) is 0. The molecule has 1 N–H and O–H groups in total. The van der Waals surface area contributed by atoms with Crippen LogP contribution >= 0.6 is 11.6 Å². The van der Waals surface area contributed by atoms with Gasteiger partial charge in [-0.2, -0.15) is 4.98 Å². The average Bonchev–Trinajstić information content (AvgIpc) is 2.68. The number of aromatic nitrogens is 3. The van der Waals surface area contributed by atoms with Gasteiger partial charge in [0, 0.05) is 19.3 Å². The SMILES string of the molecule is CCOC(C)(C)CNc1nc2ccc(Cl)cn2n1. The van der Waals surface area contributed by atoms with Crippen LogP contribution in [-0.2, 0) is 4.74 Å². The lowest BCUT2D eigenvalue weighted by atomic mass is 10.1. The van der Waals surface area contributed by atoms with E-state index in [9.17, 15) is 0 Å². The van der Waals surface area contributed by atoms with Gasteiger partial charge in [0.05, 0.1) is 10.6 Å². The van der Waals surface area contributed by atoms with Gasteiger partial charge in [-0.15, -0.1) is 5.10 Å². The van der Waals surface area contributed by atoms with E-state index in [2.05, 4.69) is 15.4 Å². The van der Waals surface area contributed by atoms with Crippen molar-refractivity contribution in [3.63, 3.8) is 0 Å². The zero-order chi connectivity index (χ0) is 13.2. The predicted molar refractivity (Wildman–Crippen MR) is 72.2 cm³/mol. The van der Waals surface area contributed by atoms with E-state index in [0.29, 0.717) is 24.1 Å². The summed E-state index contributed by atoms with van der Waals surface area (Å²) in [6.07, 6.45) is 1.72. The van der Waals surface area contributed by atoms with Gasteiger partial charge in [0.2, 0.25) is 5.95 Å². The molecule has 2 heterocycles. The fraction of sp³-hybridized carbons (Fsp3) is 0.500. The van der Waals surface area contributed by atoms with E-state index >= 15 is 0 Å². The van der Waals surface area contributed by atoms with E-state index in [4.69, 9.17) is 16.3 Å². The number of pyridine rings is 1. The second kappa shape index (κ2) is 5.12. The summed E-state index contributed by atoms with van der Waals surface area (Å²) in [4.78, 5) is 4.34. The summed E-state index contributed by atoms with van der Waals surface area (Å²) in [5.41, 5.74) is 0.514. The van der Waals surface area contributed by atoms with Crippen LogP contribution in [0.4, 0.5) is 5.95 Å². The van der Waals surface area contributed by atoms with Crippen LogP contribution in [0.3, 0.4) is 0 Å². The molecule has 98 valence electrons. The fourth-order valence-electron chi connectivity index (χ4n) is 1.67. The smallest absolute Gasteiger partial charge is 0.243 e. The first-order valence-corrected chi connectivity index (χ1v) is 6.28. The van der Waals surface area contributed by atoms with Crippen LogP contribution < -0.4 is 5.32 Å². The molecule has 0 aliphatic carbocycles. The number of nitrogens with zero attached hydrogens (tertiary/aromatic N) is 3. The van der Waals surface area contributed by atoms with Crippen molar-refractivity contribution in [2.45, 2.75) is 26.4 Å². The molecular formula is C12H17ClN4O. The first kappa shape index (κ1) is 13.1. The molecule has 0 saturated carbocycles. The molecule has 6 heteroatoms. The quantitative estimate of drug-likeness (QED) is 0.906. The first-order chi connectivity index (χ1) is 8.50. The molecular weight excluding hydrogens is 252 g/mol. The molecule has 2 rings (SSSR count). The van der Waals surface area contributed by atoms with E-state index in [1.54, 1.807) is 16.8 Å². The molecule has 0 radical (unpaired) electrons. The summed E-state index contributed by atoms with van der Waals surface area (Å²) in [5, 5.41) is 8.09.